The van der Waals surface area contributed by atoms with Gasteiger partial charge in [0, 0.05) is 30.0 Å². The Morgan fingerprint density at radius 2 is 1.84 bits per heavy atom. The molecule has 3 N–H and O–H groups in total. The van der Waals surface area contributed by atoms with Crippen molar-refractivity contribution < 1.29 is 29.0 Å². The number of amides is 1. The van der Waals surface area contributed by atoms with E-state index in [2.05, 4.69) is 5.32 Å². The van der Waals surface area contributed by atoms with Gasteiger partial charge in [-0.1, -0.05) is 0 Å². The number of nitrogens with one attached hydrogen (secondary N) is 1. The fourth-order valence-corrected chi connectivity index (χ4v) is 2.45. The molecule has 1 amide bonds. The van der Waals surface area contributed by atoms with Gasteiger partial charge in [0.05, 0.1) is 12.0 Å². The van der Waals surface area contributed by atoms with Gasteiger partial charge in [-0.3, -0.25) is 14.4 Å². The van der Waals surface area contributed by atoms with Crippen LogP contribution in [0.15, 0.2) is 27.4 Å². The molecule has 0 aliphatic carbocycles. The maximum atomic E-state index is 12.0. The van der Waals surface area contributed by atoms with E-state index in [1.54, 1.807) is 19.1 Å². The van der Waals surface area contributed by atoms with E-state index in [1.165, 1.54) is 6.07 Å². The minimum absolute atomic E-state index is 0.0604. The zero-order valence-electron chi connectivity index (χ0n) is 13.5. The topological polar surface area (TPSA) is 134 Å². The Balaban J connectivity index is 2.22. The van der Waals surface area contributed by atoms with Crippen molar-refractivity contribution in [3.63, 3.8) is 0 Å². The number of carbonyl (C=O) groups is 3. The first kappa shape index (κ1) is 18.2. The molecule has 132 valence electrons. The highest BCUT2D eigenvalue weighted by Gasteiger charge is 2.15. The molecule has 0 saturated heterocycles. The second-order valence-corrected chi connectivity index (χ2v) is 5.57. The highest BCUT2D eigenvalue weighted by Crippen LogP contribution is 2.23. The van der Waals surface area contributed by atoms with Gasteiger partial charge in [-0.25, -0.2) is 4.79 Å². The molecule has 2 rings (SSSR count). The predicted octanol–water partition coefficient (Wildman–Crippen LogP) is 1.92. The maximum Gasteiger partial charge on any atom is 0.340 e. The van der Waals surface area contributed by atoms with Crippen LogP contribution >= 0.6 is 0 Å². The number of carboxylic acid groups (broad SMARTS) is 2. The molecule has 2 aromatic rings. The lowest BCUT2D eigenvalue weighted by atomic mass is 10.0. The molecule has 1 heterocycles. The van der Waals surface area contributed by atoms with Crippen LogP contribution in [-0.4, -0.2) is 28.1 Å². The first-order valence-corrected chi connectivity index (χ1v) is 7.57. The van der Waals surface area contributed by atoms with Crippen molar-refractivity contribution in [1.29, 1.82) is 0 Å². The third-order valence-corrected chi connectivity index (χ3v) is 3.69. The largest absolute Gasteiger partial charge is 0.481 e. The molecule has 1 aromatic carbocycles. The Morgan fingerprint density at radius 3 is 2.48 bits per heavy atom. The number of hydrogen-bond donors (Lipinski definition) is 3. The summed E-state index contributed by atoms with van der Waals surface area (Å²) in [5.41, 5.74) is 0.525. The van der Waals surface area contributed by atoms with Gasteiger partial charge in [-0.05, 0) is 31.0 Å². The molecule has 0 saturated carbocycles. The van der Waals surface area contributed by atoms with Crippen molar-refractivity contribution in [2.45, 2.75) is 32.6 Å². The molecule has 0 bridgehead atoms. The number of carboxylic acids is 2. The summed E-state index contributed by atoms with van der Waals surface area (Å²) in [6, 6.07) is 4.71. The van der Waals surface area contributed by atoms with E-state index < -0.39 is 24.0 Å². The van der Waals surface area contributed by atoms with Crippen LogP contribution in [0.5, 0.6) is 0 Å². The zero-order valence-corrected chi connectivity index (χ0v) is 13.5. The number of carbonyl (C=O) groups excluding carboxylic acids is 1. The highest BCUT2D eigenvalue weighted by atomic mass is 16.4. The van der Waals surface area contributed by atoms with E-state index in [0.29, 0.717) is 16.6 Å². The molecule has 0 radical (unpaired) electrons. The highest BCUT2D eigenvalue weighted by molar-refractivity contribution is 5.94. The second kappa shape index (κ2) is 7.61. The number of aryl methyl sites for hydroxylation is 1. The molecule has 1 aromatic heterocycles. The zero-order chi connectivity index (χ0) is 18.6. The van der Waals surface area contributed by atoms with E-state index in [0.717, 1.165) is 0 Å². The van der Waals surface area contributed by atoms with Gasteiger partial charge >= 0.3 is 17.6 Å². The van der Waals surface area contributed by atoms with Crippen molar-refractivity contribution in [2.75, 3.05) is 5.32 Å². The van der Waals surface area contributed by atoms with E-state index >= 15 is 0 Å². The second-order valence-electron chi connectivity index (χ2n) is 5.57. The van der Waals surface area contributed by atoms with Crippen molar-refractivity contribution in [3.05, 3.63) is 39.7 Å². The Labute approximate surface area is 142 Å². The summed E-state index contributed by atoms with van der Waals surface area (Å²) in [5, 5.41) is 20.6. The fourth-order valence-electron chi connectivity index (χ4n) is 2.45. The first-order valence-electron chi connectivity index (χ1n) is 7.57. The number of benzene rings is 1. The molecular weight excluding hydrogens is 330 g/mol. The van der Waals surface area contributed by atoms with Gasteiger partial charge in [-0.2, -0.15) is 0 Å². The summed E-state index contributed by atoms with van der Waals surface area (Å²) >= 11 is 0. The molecule has 0 aliphatic rings. The van der Waals surface area contributed by atoms with Crippen LogP contribution in [-0.2, 0) is 20.8 Å². The Hall–Kier alpha value is -3.16. The molecular formula is C17H17NO7. The van der Waals surface area contributed by atoms with Crippen LogP contribution in [0.1, 0.15) is 30.4 Å². The van der Waals surface area contributed by atoms with Crippen molar-refractivity contribution >= 4 is 34.5 Å². The minimum atomic E-state index is -1.13. The summed E-state index contributed by atoms with van der Waals surface area (Å²) in [7, 11) is 0. The number of aliphatic carboxylic acids is 2. The molecule has 8 nitrogen and oxygen atoms in total. The van der Waals surface area contributed by atoms with Crippen LogP contribution in [0.4, 0.5) is 5.69 Å². The summed E-state index contributed by atoms with van der Waals surface area (Å²) in [4.78, 5) is 45.0. The van der Waals surface area contributed by atoms with Crippen molar-refractivity contribution in [1.82, 2.24) is 0 Å². The Kier molecular flexibility index (Phi) is 5.53. The van der Waals surface area contributed by atoms with Crippen LogP contribution in [0.3, 0.4) is 0 Å². The van der Waals surface area contributed by atoms with Crippen LogP contribution in [0, 0.1) is 6.92 Å². The summed E-state index contributed by atoms with van der Waals surface area (Å²) < 4.78 is 5.16. The smallest absolute Gasteiger partial charge is 0.340 e. The summed E-state index contributed by atoms with van der Waals surface area (Å²) in [6.45, 7) is 1.64. The quantitative estimate of drug-likeness (QED) is 0.651. The third kappa shape index (κ3) is 4.66. The standard InChI is InChI=1S/C17H17NO7/c1-9-11-6-5-10(18-14(19)3-2-4-15(20)21)7-13(11)25-17(24)12(9)8-16(22)23/h5-7H,2-4,8H2,1H3,(H,18,19)(H,20,21)(H,22,23). The van der Waals surface area contributed by atoms with Gasteiger partial charge in [0.1, 0.15) is 5.58 Å². The average Bonchev–Trinajstić information content (AvgIpc) is 2.50. The first-order chi connectivity index (χ1) is 11.8. The molecule has 8 heteroatoms. The van der Waals surface area contributed by atoms with Gasteiger partial charge in [0.25, 0.3) is 0 Å². The van der Waals surface area contributed by atoms with Gasteiger partial charge in [-0.15, -0.1) is 0 Å². The van der Waals surface area contributed by atoms with Gasteiger partial charge < -0.3 is 19.9 Å². The number of hydrogen-bond acceptors (Lipinski definition) is 5. The van der Waals surface area contributed by atoms with E-state index in [9.17, 15) is 19.2 Å². The van der Waals surface area contributed by atoms with E-state index in [1.807, 2.05) is 0 Å². The fraction of sp³-hybridized carbons (Fsp3) is 0.294. The van der Waals surface area contributed by atoms with Gasteiger partial charge in [0.2, 0.25) is 5.91 Å². The molecule has 0 fully saturated rings. The number of rotatable bonds is 7. The molecule has 0 atom stereocenters. The SMILES string of the molecule is Cc1c(CC(=O)O)c(=O)oc2cc(NC(=O)CCCC(=O)O)ccc12. The average molecular weight is 347 g/mol. The maximum absolute atomic E-state index is 12.0. The van der Waals surface area contributed by atoms with E-state index in [4.69, 9.17) is 14.6 Å². The van der Waals surface area contributed by atoms with E-state index in [-0.39, 0.29) is 36.3 Å². The normalized spacial score (nSPS) is 10.6. The Bertz CT molecular complexity index is 898. The molecule has 0 unspecified atom stereocenters. The monoisotopic (exact) mass is 347 g/mol. The summed E-state index contributed by atoms with van der Waals surface area (Å²) in [6.07, 6.45) is -0.232. The predicted molar refractivity (Wildman–Crippen MR) is 88.7 cm³/mol. The van der Waals surface area contributed by atoms with Crippen LogP contribution < -0.4 is 10.9 Å². The number of anilines is 1. The Morgan fingerprint density at radius 1 is 1.12 bits per heavy atom. The van der Waals surface area contributed by atoms with Crippen LogP contribution in [0.2, 0.25) is 0 Å². The van der Waals surface area contributed by atoms with Gasteiger partial charge in [0.15, 0.2) is 0 Å². The molecule has 25 heavy (non-hydrogen) atoms. The van der Waals surface area contributed by atoms with Crippen molar-refractivity contribution in [2.24, 2.45) is 0 Å². The third-order valence-electron chi connectivity index (χ3n) is 3.69. The molecule has 0 aliphatic heterocycles. The minimum Gasteiger partial charge on any atom is -0.481 e. The summed E-state index contributed by atoms with van der Waals surface area (Å²) in [5.74, 6) is -2.44. The van der Waals surface area contributed by atoms with Crippen LogP contribution in [0.25, 0.3) is 11.0 Å². The lowest BCUT2D eigenvalue weighted by molar-refractivity contribution is -0.137. The van der Waals surface area contributed by atoms with Crippen molar-refractivity contribution in [3.8, 4) is 0 Å². The molecule has 0 spiro atoms. The lowest BCUT2D eigenvalue weighted by Gasteiger charge is -2.09. The number of fused-ring (bicyclic) bond motifs is 1. The lowest BCUT2D eigenvalue weighted by Crippen LogP contribution is -2.15.